The first-order valence-electron chi connectivity index (χ1n) is 12.6. The van der Waals surface area contributed by atoms with Crippen molar-refractivity contribution in [2.45, 2.75) is 47.3 Å². The molecule has 2 aromatic carbocycles. The number of thiazole rings is 1. The standard InChI is InChI=1S/C30H30N2S4/c1-4-32-26-18-24(34-3)10-12-28(26)36-30(32)16-20-6-8-21-7-5-19(13-22(21)14-20)15-29-31-25-17-23(33-2)9-11-27(25)35-29/h9-18,21H,4-8H2,1-3H3/b19-15+,30-16-. The molecule has 2 aliphatic carbocycles. The van der Waals surface area contributed by atoms with E-state index in [-0.39, 0.29) is 0 Å². The molecule has 1 aliphatic heterocycles. The third kappa shape index (κ3) is 4.85. The van der Waals surface area contributed by atoms with Crippen LogP contribution in [0.15, 0.2) is 91.1 Å². The third-order valence-corrected chi connectivity index (χ3v) is 10.8. The fraction of sp³-hybridized carbons (Fsp3) is 0.300. The van der Waals surface area contributed by atoms with Crippen molar-refractivity contribution in [3.8, 4) is 0 Å². The Balaban J connectivity index is 1.27. The lowest BCUT2D eigenvalue weighted by atomic mass is 9.77. The average molecular weight is 547 g/mol. The Kier molecular flexibility index (Phi) is 7.13. The summed E-state index contributed by atoms with van der Waals surface area (Å²) in [6.07, 6.45) is 18.8. The van der Waals surface area contributed by atoms with Gasteiger partial charge in [-0.1, -0.05) is 23.9 Å². The number of hydrogen-bond acceptors (Lipinski definition) is 6. The zero-order valence-electron chi connectivity index (χ0n) is 20.9. The van der Waals surface area contributed by atoms with Gasteiger partial charge in [0.1, 0.15) is 5.01 Å². The molecule has 0 N–H and O–H groups in total. The van der Waals surface area contributed by atoms with Crippen LogP contribution in [-0.2, 0) is 0 Å². The van der Waals surface area contributed by atoms with Crippen molar-refractivity contribution in [2.75, 3.05) is 24.0 Å². The highest BCUT2D eigenvalue weighted by Gasteiger charge is 2.27. The van der Waals surface area contributed by atoms with Crippen LogP contribution < -0.4 is 4.90 Å². The van der Waals surface area contributed by atoms with E-state index in [1.54, 1.807) is 23.1 Å². The van der Waals surface area contributed by atoms with Crippen LogP contribution in [0.1, 0.15) is 37.6 Å². The summed E-state index contributed by atoms with van der Waals surface area (Å²) in [5, 5.41) is 2.49. The van der Waals surface area contributed by atoms with Gasteiger partial charge in [-0.05, 0) is 116 Å². The van der Waals surface area contributed by atoms with E-state index < -0.39 is 0 Å². The van der Waals surface area contributed by atoms with E-state index in [9.17, 15) is 0 Å². The Bertz CT molecular complexity index is 1440. The van der Waals surface area contributed by atoms with Crippen molar-refractivity contribution in [2.24, 2.45) is 5.92 Å². The van der Waals surface area contributed by atoms with Gasteiger partial charge < -0.3 is 4.90 Å². The second-order valence-electron chi connectivity index (χ2n) is 9.41. The predicted octanol–water partition coefficient (Wildman–Crippen LogP) is 9.65. The van der Waals surface area contributed by atoms with Crippen LogP contribution in [0, 0.1) is 5.92 Å². The Morgan fingerprint density at radius 3 is 2.64 bits per heavy atom. The lowest BCUT2D eigenvalue weighted by Crippen LogP contribution is -2.17. The first-order valence-corrected chi connectivity index (χ1v) is 16.6. The Morgan fingerprint density at radius 1 is 1.00 bits per heavy atom. The molecular formula is C30H30N2S4. The summed E-state index contributed by atoms with van der Waals surface area (Å²) >= 11 is 7.31. The van der Waals surface area contributed by atoms with Gasteiger partial charge in [0.15, 0.2) is 0 Å². The van der Waals surface area contributed by atoms with Crippen molar-refractivity contribution in [3.63, 3.8) is 0 Å². The maximum Gasteiger partial charge on any atom is 0.117 e. The monoisotopic (exact) mass is 546 g/mol. The van der Waals surface area contributed by atoms with E-state index in [4.69, 9.17) is 4.98 Å². The quantitative estimate of drug-likeness (QED) is 0.295. The van der Waals surface area contributed by atoms with E-state index in [1.807, 2.05) is 23.5 Å². The van der Waals surface area contributed by atoms with Gasteiger partial charge in [0.2, 0.25) is 0 Å². The molecule has 0 saturated carbocycles. The van der Waals surface area contributed by atoms with Crippen molar-refractivity contribution in [1.29, 1.82) is 0 Å². The molecule has 0 spiro atoms. The number of aromatic nitrogens is 1. The Labute approximate surface area is 231 Å². The molecule has 6 heteroatoms. The Morgan fingerprint density at radius 2 is 1.81 bits per heavy atom. The van der Waals surface area contributed by atoms with Crippen LogP contribution in [0.4, 0.5) is 5.69 Å². The molecule has 3 aliphatic rings. The van der Waals surface area contributed by atoms with Gasteiger partial charge in [0.25, 0.3) is 0 Å². The maximum atomic E-state index is 4.92. The van der Waals surface area contributed by atoms with Crippen LogP contribution in [0.3, 0.4) is 0 Å². The molecule has 2 nitrogen and oxygen atoms in total. The summed E-state index contributed by atoms with van der Waals surface area (Å²) in [6.45, 7) is 3.25. The smallest absolute Gasteiger partial charge is 0.117 e. The lowest BCUT2D eigenvalue weighted by Gasteiger charge is -2.28. The molecule has 0 saturated heterocycles. The number of thioether (sulfide) groups is 3. The predicted molar refractivity (Wildman–Crippen MR) is 163 cm³/mol. The molecule has 0 radical (unpaired) electrons. The first-order chi connectivity index (χ1) is 17.6. The van der Waals surface area contributed by atoms with E-state index >= 15 is 0 Å². The minimum atomic E-state index is 0.698. The van der Waals surface area contributed by atoms with Crippen molar-refractivity contribution >= 4 is 68.6 Å². The summed E-state index contributed by atoms with van der Waals surface area (Å²) in [6, 6.07) is 13.5. The molecule has 0 amide bonds. The third-order valence-electron chi connectivity index (χ3n) is 7.22. The zero-order chi connectivity index (χ0) is 24.6. The van der Waals surface area contributed by atoms with Gasteiger partial charge >= 0.3 is 0 Å². The molecule has 1 unspecified atom stereocenters. The van der Waals surface area contributed by atoms with Crippen LogP contribution >= 0.6 is 46.6 Å². The molecule has 184 valence electrons. The van der Waals surface area contributed by atoms with Crippen molar-refractivity contribution in [1.82, 2.24) is 4.98 Å². The van der Waals surface area contributed by atoms with Gasteiger partial charge in [-0.2, -0.15) is 0 Å². The number of benzene rings is 2. The van der Waals surface area contributed by atoms with Gasteiger partial charge in [0.05, 0.1) is 20.9 Å². The average Bonchev–Trinajstić information content (AvgIpc) is 3.46. The second kappa shape index (κ2) is 10.5. The number of fused-ring (bicyclic) bond motifs is 3. The zero-order valence-corrected chi connectivity index (χ0v) is 24.2. The summed E-state index contributed by atoms with van der Waals surface area (Å²) in [5.74, 6) is 0.698. The van der Waals surface area contributed by atoms with Crippen molar-refractivity contribution < 1.29 is 0 Å². The maximum absolute atomic E-state index is 4.92. The molecule has 1 atom stereocenters. The highest BCUT2D eigenvalue weighted by molar-refractivity contribution is 8.03. The van der Waals surface area contributed by atoms with E-state index in [0.717, 1.165) is 23.5 Å². The number of nitrogens with zero attached hydrogens (tertiary/aromatic N) is 2. The minimum Gasteiger partial charge on any atom is -0.335 e. The normalized spacial score (nSPS) is 21.6. The second-order valence-corrected chi connectivity index (χ2v) is 13.3. The summed E-state index contributed by atoms with van der Waals surface area (Å²) in [4.78, 5) is 11.4. The minimum absolute atomic E-state index is 0.698. The van der Waals surface area contributed by atoms with E-state index in [0.29, 0.717) is 5.92 Å². The molecular weight excluding hydrogens is 517 g/mol. The fourth-order valence-corrected chi connectivity index (χ4v) is 8.28. The molecule has 3 aromatic rings. The highest BCUT2D eigenvalue weighted by Crippen LogP contribution is 2.48. The number of allylic oxidation sites excluding steroid dienone is 6. The topological polar surface area (TPSA) is 16.1 Å². The number of anilines is 1. The lowest BCUT2D eigenvalue weighted by molar-refractivity contribution is 0.503. The van der Waals surface area contributed by atoms with Crippen LogP contribution in [0.2, 0.25) is 0 Å². The fourth-order valence-electron chi connectivity index (χ4n) is 5.31. The van der Waals surface area contributed by atoms with Gasteiger partial charge in [-0.3, -0.25) is 0 Å². The Hall–Kier alpha value is -1.86. The molecule has 36 heavy (non-hydrogen) atoms. The summed E-state index contributed by atoms with van der Waals surface area (Å²) in [5.41, 5.74) is 6.86. The molecule has 6 rings (SSSR count). The first kappa shape index (κ1) is 24.5. The SMILES string of the molecule is CCN1/C(=C/C2=CC3=C/C(=C/c4nc5cc(SC)ccc5s4)CCC3CC2)Sc2ccc(SC)cc21. The van der Waals surface area contributed by atoms with Crippen LogP contribution in [-0.4, -0.2) is 24.0 Å². The van der Waals surface area contributed by atoms with Gasteiger partial charge in [-0.25, -0.2) is 4.98 Å². The van der Waals surface area contributed by atoms with Gasteiger partial charge in [0, 0.05) is 21.2 Å². The molecule has 0 fully saturated rings. The van der Waals surface area contributed by atoms with Gasteiger partial charge in [-0.15, -0.1) is 34.9 Å². The largest absolute Gasteiger partial charge is 0.335 e. The molecule has 2 heterocycles. The summed E-state index contributed by atoms with van der Waals surface area (Å²) in [7, 11) is 0. The summed E-state index contributed by atoms with van der Waals surface area (Å²) < 4.78 is 1.27. The molecule has 1 aromatic heterocycles. The number of hydrogen-bond donors (Lipinski definition) is 0. The van der Waals surface area contributed by atoms with E-state index in [1.165, 1.54) is 66.1 Å². The van der Waals surface area contributed by atoms with Crippen molar-refractivity contribution in [3.05, 3.63) is 81.4 Å². The number of rotatable bonds is 5. The van der Waals surface area contributed by atoms with Crippen LogP contribution in [0.5, 0.6) is 0 Å². The van der Waals surface area contributed by atoms with Crippen LogP contribution in [0.25, 0.3) is 16.3 Å². The highest BCUT2D eigenvalue weighted by atomic mass is 32.2. The van der Waals surface area contributed by atoms with E-state index in [2.05, 4.69) is 85.0 Å². The molecule has 0 bridgehead atoms.